The normalized spacial score (nSPS) is 15.5. The lowest BCUT2D eigenvalue weighted by Crippen LogP contribution is -2.36. The van der Waals surface area contributed by atoms with Crippen molar-refractivity contribution in [2.24, 2.45) is 0 Å². The van der Waals surface area contributed by atoms with Crippen LogP contribution in [0.4, 0.5) is 22.1 Å². The predicted octanol–water partition coefficient (Wildman–Crippen LogP) is 2.78. The third kappa shape index (κ3) is 4.10. The van der Waals surface area contributed by atoms with Crippen LogP contribution >= 0.6 is 0 Å². The second kappa shape index (κ2) is 9.08. The van der Waals surface area contributed by atoms with E-state index in [1.165, 1.54) is 6.20 Å². The van der Waals surface area contributed by atoms with Crippen molar-refractivity contribution >= 4 is 23.4 Å². The summed E-state index contributed by atoms with van der Waals surface area (Å²) < 4.78 is 15.7. The lowest BCUT2D eigenvalue weighted by molar-refractivity contribution is -0.108. The summed E-state index contributed by atoms with van der Waals surface area (Å²) in [6.07, 6.45) is 2.86. The zero-order valence-corrected chi connectivity index (χ0v) is 18.3. The number of nitrogens with one attached hydrogen (secondary N) is 2. The van der Waals surface area contributed by atoms with E-state index in [1.54, 1.807) is 32.3 Å². The summed E-state index contributed by atoms with van der Waals surface area (Å²) in [4.78, 5) is 23.8. The first-order valence-electron chi connectivity index (χ1n) is 10.3. The van der Waals surface area contributed by atoms with Crippen LogP contribution in [0.1, 0.15) is 36.0 Å². The number of carbonyl (C=O) groups excluding carboxylic acids is 1. The Bertz CT molecular complexity index is 1050. The van der Waals surface area contributed by atoms with Gasteiger partial charge in [-0.1, -0.05) is 6.07 Å². The molecule has 0 atom stereocenters. The summed E-state index contributed by atoms with van der Waals surface area (Å²) in [7, 11) is 4.70. The summed E-state index contributed by atoms with van der Waals surface area (Å²) in [6.45, 7) is 1.57. The maximum atomic E-state index is 13.2. The van der Waals surface area contributed by atoms with E-state index in [1.807, 2.05) is 12.1 Å². The molecule has 1 aliphatic carbocycles. The monoisotopic (exact) mass is 438 g/mol. The number of anilines is 3. The molecule has 1 spiro atoms. The first-order valence-corrected chi connectivity index (χ1v) is 10.3. The molecule has 2 amide bonds. The third-order valence-electron chi connectivity index (χ3n) is 5.83. The van der Waals surface area contributed by atoms with Gasteiger partial charge in [-0.3, -0.25) is 10.2 Å². The second-order valence-corrected chi connectivity index (χ2v) is 7.85. The molecule has 4 rings (SSSR count). The Labute approximate surface area is 186 Å². The van der Waals surface area contributed by atoms with Gasteiger partial charge in [0.1, 0.15) is 17.7 Å². The number of urea groups is 1. The average Bonchev–Trinajstić information content (AvgIpc) is 3.51. The first-order chi connectivity index (χ1) is 15.5. The third-order valence-corrected chi connectivity index (χ3v) is 5.83. The summed E-state index contributed by atoms with van der Waals surface area (Å²) in [6, 6.07) is 7.31. The smallest absolute Gasteiger partial charge is 0.328 e. The number of ether oxygens (including phenoxy) is 3. The van der Waals surface area contributed by atoms with Crippen LogP contribution in [0, 0.1) is 11.3 Å². The molecule has 10 nitrogen and oxygen atoms in total. The number of aromatic nitrogens is 2. The van der Waals surface area contributed by atoms with Crippen molar-refractivity contribution in [3.63, 3.8) is 0 Å². The topological polar surface area (TPSA) is 122 Å². The molecule has 2 aromatic rings. The number of carbonyl (C=O) groups is 1. The van der Waals surface area contributed by atoms with Crippen LogP contribution in [0.25, 0.3) is 0 Å². The van der Waals surface area contributed by atoms with E-state index in [9.17, 15) is 10.1 Å². The Morgan fingerprint density at radius 2 is 2.09 bits per heavy atom. The summed E-state index contributed by atoms with van der Waals surface area (Å²) in [5.41, 5.74) is 2.61. The van der Waals surface area contributed by atoms with E-state index >= 15 is 0 Å². The lowest BCUT2D eigenvalue weighted by Gasteiger charge is -2.19. The van der Waals surface area contributed by atoms with Gasteiger partial charge in [0.15, 0.2) is 0 Å². The van der Waals surface area contributed by atoms with Crippen molar-refractivity contribution in [3.05, 3.63) is 41.2 Å². The van der Waals surface area contributed by atoms with Crippen LogP contribution in [0.3, 0.4) is 0 Å². The van der Waals surface area contributed by atoms with E-state index in [0.717, 1.165) is 18.4 Å². The van der Waals surface area contributed by atoms with Crippen LogP contribution in [0.15, 0.2) is 24.4 Å². The maximum Gasteiger partial charge on any atom is 0.328 e. The second-order valence-electron chi connectivity index (χ2n) is 7.85. The quantitative estimate of drug-likeness (QED) is 0.477. The van der Waals surface area contributed by atoms with Crippen molar-refractivity contribution in [2.45, 2.75) is 24.5 Å². The number of rotatable bonds is 8. The molecule has 1 aliphatic heterocycles. The maximum absolute atomic E-state index is 13.2. The van der Waals surface area contributed by atoms with Crippen LogP contribution in [0.5, 0.6) is 0 Å². The molecule has 10 heteroatoms. The Morgan fingerprint density at radius 1 is 1.31 bits per heavy atom. The van der Waals surface area contributed by atoms with Crippen LogP contribution in [-0.4, -0.2) is 57.0 Å². The van der Waals surface area contributed by atoms with E-state index in [4.69, 9.17) is 19.2 Å². The van der Waals surface area contributed by atoms with Gasteiger partial charge in [-0.05, 0) is 18.9 Å². The predicted molar refractivity (Wildman–Crippen MR) is 118 cm³/mol. The molecule has 2 N–H and O–H groups in total. The molecule has 0 bridgehead atoms. The highest BCUT2D eigenvalue weighted by atomic mass is 16.7. The number of nitriles is 1. The van der Waals surface area contributed by atoms with Crippen LogP contribution < -0.4 is 15.5 Å². The van der Waals surface area contributed by atoms with Gasteiger partial charge < -0.3 is 19.5 Å². The Hall–Kier alpha value is -3.26. The van der Waals surface area contributed by atoms with Crippen LogP contribution in [0.2, 0.25) is 0 Å². The van der Waals surface area contributed by atoms with Crippen molar-refractivity contribution in [1.29, 1.82) is 5.26 Å². The molecular weight excluding hydrogens is 412 g/mol. The zero-order valence-electron chi connectivity index (χ0n) is 18.3. The molecule has 32 heavy (non-hydrogen) atoms. The van der Waals surface area contributed by atoms with Crippen molar-refractivity contribution in [3.8, 4) is 6.07 Å². The van der Waals surface area contributed by atoms with E-state index in [0.29, 0.717) is 48.3 Å². The van der Waals surface area contributed by atoms with Crippen molar-refractivity contribution in [1.82, 2.24) is 9.97 Å². The number of nitrogens with zero attached hydrogens (tertiary/aromatic N) is 4. The molecule has 0 unspecified atom stereocenters. The zero-order chi connectivity index (χ0) is 22.7. The minimum absolute atomic E-state index is 0.0290. The van der Waals surface area contributed by atoms with Gasteiger partial charge in [0, 0.05) is 57.7 Å². The molecule has 2 aromatic heterocycles. The number of hydrogen-bond acceptors (Lipinski definition) is 8. The number of hydrogen-bond donors (Lipinski definition) is 2. The van der Waals surface area contributed by atoms with Gasteiger partial charge in [-0.2, -0.15) is 5.26 Å². The van der Waals surface area contributed by atoms with Gasteiger partial charge in [0.25, 0.3) is 0 Å². The molecule has 0 aromatic carbocycles. The largest absolute Gasteiger partial charge is 0.383 e. The van der Waals surface area contributed by atoms with Crippen molar-refractivity contribution in [2.75, 3.05) is 56.6 Å². The van der Waals surface area contributed by atoms with Crippen molar-refractivity contribution < 1.29 is 19.0 Å². The van der Waals surface area contributed by atoms with E-state index < -0.39 is 6.29 Å². The molecule has 1 saturated carbocycles. The molecular formula is C22H26N6O4. The summed E-state index contributed by atoms with van der Waals surface area (Å²) >= 11 is 0. The number of amides is 2. The lowest BCUT2D eigenvalue weighted by atomic mass is 10.0. The summed E-state index contributed by atoms with van der Waals surface area (Å²) in [5, 5.41) is 15.3. The van der Waals surface area contributed by atoms with Crippen LogP contribution in [-0.2, 0) is 19.6 Å². The highest BCUT2D eigenvalue weighted by Gasteiger charge is 2.54. The fourth-order valence-corrected chi connectivity index (χ4v) is 3.98. The van der Waals surface area contributed by atoms with Gasteiger partial charge in [0.05, 0.1) is 23.6 Å². The number of methoxy groups -OCH3 is 3. The molecule has 168 valence electrons. The molecule has 3 heterocycles. The minimum Gasteiger partial charge on any atom is -0.383 e. The Kier molecular flexibility index (Phi) is 6.23. The Balaban J connectivity index is 1.57. The molecule has 0 saturated heterocycles. The number of fused-ring (bicyclic) bond motifs is 2. The van der Waals surface area contributed by atoms with Gasteiger partial charge in [0.2, 0.25) is 6.29 Å². The molecule has 2 aliphatic rings. The SMILES string of the molecule is COCCNc1cc(NC(=O)N2CC3(CC3)c3ccc(C(OC)OC)nc32)ncc1C#N. The fraction of sp³-hybridized carbons (Fsp3) is 0.455. The molecule has 0 radical (unpaired) electrons. The first kappa shape index (κ1) is 22.0. The Morgan fingerprint density at radius 3 is 2.75 bits per heavy atom. The number of pyridine rings is 2. The van der Waals surface area contributed by atoms with Gasteiger partial charge in [-0.15, -0.1) is 0 Å². The average molecular weight is 438 g/mol. The van der Waals surface area contributed by atoms with Gasteiger partial charge in [-0.25, -0.2) is 14.8 Å². The molecule has 1 fully saturated rings. The van der Waals surface area contributed by atoms with E-state index in [2.05, 4.69) is 21.7 Å². The van der Waals surface area contributed by atoms with Gasteiger partial charge >= 0.3 is 6.03 Å². The minimum atomic E-state index is -0.609. The highest BCUT2D eigenvalue weighted by molar-refractivity contribution is 6.03. The fourth-order valence-electron chi connectivity index (χ4n) is 3.98. The standard InChI is InChI=1S/C22H26N6O4/c1-30-9-8-24-17-10-18(25-12-14(17)11-23)27-21(29)28-13-22(6-7-22)15-4-5-16(26-19(15)28)20(31-2)32-3/h4-5,10,12,20H,6-9,13H2,1-3H3,(H2,24,25,27,29). The highest BCUT2D eigenvalue weighted by Crippen LogP contribution is 2.56. The summed E-state index contributed by atoms with van der Waals surface area (Å²) in [5.74, 6) is 0.957. The van der Waals surface area contributed by atoms with E-state index in [-0.39, 0.29) is 11.4 Å².